The molecule has 43 heavy (non-hydrogen) atoms. The molecule has 2 heterocycles. The van der Waals surface area contributed by atoms with Crippen molar-refractivity contribution in [2.75, 3.05) is 17.2 Å². The third-order valence-corrected chi connectivity index (χ3v) is 7.03. The van der Waals surface area contributed by atoms with Gasteiger partial charge in [-0.1, -0.05) is 26.0 Å². The zero-order valence-corrected chi connectivity index (χ0v) is 25.5. The van der Waals surface area contributed by atoms with Gasteiger partial charge in [-0.15, -0.1) is 0 Å². The van der Waals surface area contributed by atoms with Gasteiger partial charge in [0.25, 0.3) is 0 Å². The number of aromatic nitrogens is 1. The van der Waals surface area contributed by atoms with Crippen molar-refractivity contribution in [1.29, 1.82) is 0 Å². The quantitative estimate of drug-likeness (QED) is 0.262. The normalized spacial score (nSPS) is 15.8. The number of nitrogens with one attached hydrogen (secondary N) is 4. The highest BCUT2D eigenvalue weighted by atomic mass is 19.1. The molecule has 10 nitrogen and oxygen atoms in total. The summed E-state index contributed by atoms with van der Waals surface area (Å²) in [6.45, 7) is 10.9. The summed E-state index contributed by atoms with van der Waals surface area (Å²) in [7, 11) is 0. The first-order valence-electron chi connectivity index (χ1n) is 14.5. The summed E-state index contributed by atoms with van der Waals surface area (Å²) in [5.74, 6) is -1.27. The molecule has 1 aliphatic heterocycles. The number of fused-ring (bicyclic) bond motifs is 1. The molecule has 0 spiro atoms. The van der Waals surface area contributed by atoms with Crippen molar-refractivity contribution in [3.8, 4) is 11.3 Å². The van der Waals surface area contributed by atoms with Gasteiger partial charge in [0.2, 0.25) is 17.7 Å². The van der Waals surface area contributed by atoms with Crippen LogP contribution in [0.4, 0.5) is 20.6 Å². The Morgan fingerprint density at radius 1 is 1.05 bits per heavy atom. The predicted molar refractivity (Wildman–Crippen MR) is 164 cm³/mol. The lowest BCUT2D eigenvalue weighted by Gasteiger charge is -2.30. The molecule has 4 rings (SSSR count). The summed E-state index contributed by atoms with van der Waals surface area (Å²) >= 11 is 0. The number of hydrogen-bond acceptors (Lipinski definition) is 5. The van der Waals surface area contributed by atoms with Gasteiger partial charge in [-0.05, 0) is 76.3 Å². The Morgan fingerprint density at radius 3 is 2.35 bits per heavy atom. The minimum atomic E-state index is -0.834. The number of ether oxygens (including phenoxy) is 1. The van der Waals surface area contributed by atoms with E-state index in [9.17, 15) is 19.2 Å². The predicted octanol–water partition coefficient (Wildman–Crippen LogP) is 5.80. The van der Waals surface area contributed by atoms with Crippen molar-refractivity contribution in [1.82, 2.24) is 15.2 Å². The second-order valence-electron chi connectivity index (χ2n) is 12.3. The van der Waals surface area contributed by atoms with Crippen LogP contribution in [-0.2, 0) is 19.1 Å². The molecule has 4 amide bonds. The third-order valence-electron chi connectivity index (χ3n) is 7.03. The van der Waals surface area contributed by atoms with E-state index in [2.05, 4.69) is 20.9 Å². The maximum Gasteiger partial charge on any atom is 0.408 e. The number of carbonyl (C=O) groups is 4. The Balaban J connectivity index is 1.49. The van der Waals surface area contributed by atoms with Gasteiger partial charge in [0.1, 0.15) is 17.7 Å². The summed E-state index contributed by atoms with van der Waals surface area (Å²) in [4.78, 5) is 55.3. The smallest absolute Gasteiger partial charge is 0.408 e. The molecule has 0 aliphatic carbocycles. The number of hydrogen-bond donors (Lipinski definition) is 4. The highest BCUT2D eigenvalue weighted by Gasteiger charge is 2.38. The molecular formula is C32H40FN5O5. The number of rotatable bonds is 8. The number of halogens is 1. The number of likely N-dealkylation sites (tertiary alicyclic amines) is 1. The molecule has 1 saturated heterocycles. The molecule has 3 aromatic rings. The number of nitrogens with zero attached hydrogens (tertiary/aromatic N) is 1. The van der Waals surface area contributed by atoms with Gasteiger partial charge in [0.15, 0.2) is 5.82 Å². The van der Waals surface area contributed by atoms with Crippen LogP contribution in [-0.4, -0.2) is 57.9 Å². The lowest BCUT2D eigenvalue weighted by Crippen LogP contribution is -2.53. The van der Waals surface area contributed by atoms with Crippen LogP contribution >= 0.6 is 0 Å². The maximum atomic E-state index is 15.5. The lowest BCUT2D eigenvalue weighted by atomic mass is 10.0. The van der Waals surface area contributed by atoms with E-state index in [-0.39, 0.29) is 29.3 Å². The van der Waals surface area contributed by atoms with Gasteiger partial charge in [-0.2, -0.15) is 0 Å². The highest BCUT2D eigenvalue weighted by Crippen LogP contribution is 2.32. The van der Waals surface area contributed by atoms with E-state index < -0.39 is 29.6 Å². The first-order valence-corrected chi connectivity index (χ1v) is 14.5. The third kappa shape index (κ3) is 7.91. The molecular weight excluding hydrogens is 553 g/mol. The van der Waals surface area contributed by atoms with Crippen molar-refractivity contribution < 1.29 is 28.3 Å². The van der Waals surface area contributed by atoms with Gasteiger partial charge in [-0.3, -0.25) is 14.4 Å². The highest BCUT2D eigenvalue weighted by molar-refractivity contribution is 6.00. The van der Waals surface area contributed by atoms with Gasteiger partial charge < -0.3 is 30.6 Å². The molecule has 0 saturated carbocycles. The van der Waals surface area contributed by atoms with Gasteiger partial charge >= 0.3 is 6.09 Å². The van der Waals surface area contributed by atoms with Crippen LogP contribution in [0.5, 0.6) is 0 Å². The fourth-order valence-corrected chi connectivity index (χ4v) is 5.23. The van der Waals surface area contributed by atoms with Crippen LogP contribution in [0.25, 0.3) is 22.2 Å². The molecule has 1 fully saturated rings. The van der Waals surface area contributed by atoms with Crippen LogP contribution in [0.15, 0.2) is 42.5 Å². The zero-order chi connectivity index (χ0) is 31.5. The largest absolute Gasteiger partial charge is 0.444 e. The summed E-state index contributed by atoms with van der Waals surface area (Å²) in [5.41, 5.74) is 1.73. The van der Waals surface area contributed by atoms with E-state index in [0.29, 0.717) is 53.6 Å². The summed E-state index contributed by atoms with van der Waals surface area (Å²) in [5, 5.41) is 8.53. The average Bonchev–Trinajstić information content (AvgIpc) is 3.52. The molecule has 1 aromatic heterocycles. The SMILES string of the molecule is CC(=O)Nc1ccc(-c2[nH]c3ccc(NC(=O)[C@@H]4CCCN4C(=O)[C@@H](CC(C)C)NC(=O)OC(C)(C)C)cc3c2F)cc1. The van der Waals surface area contributed by atoms with Gasteiger partial charge in [0.05, 0.1) is 5.69 Å². The lowest BCUT2D eigenvalue weighted by molar-refractivity contribution is -0.138. The molecule has 1 aliphatic rings. The molecule has 2 atom stereocenters. The fraction of sp³-hybridized carbons (Fsp3) is 0.438. The summed E-state index contributed by atoms with van der Waals surface area (Å²) in [6, 6.07) is 10.1. The molecule has 0 unspecified atom stereocenters. The van der Waals surface area contributed by atoms with Gasteiger partial charge in [0, 0.05) is 41.3 Å². The number of aromatic amines is 1. The number of benzene rings is 2. The van der Waals surface area contributed by atoms with Crippen molar-refractivity contribution in [2.45, 2.75) is 78.5 Å². The Hall–Kier alpha value is -4.41. The van der Waals surface area contributed by atoms with Crippen LogP contribution in [0, 0.1) is 11.7 Å². The number of amides is 4. The zero-order valence-electron chi connectivity index (χ0n) is 25.5. The Labute approximate surface area is 250 Å². The molecule has 11 heteroatoms. The first-order chi connectivity index (χ1) is 20.2. The second-order valence-corrected chi connectivity index (χ2v) is 12.3. The van der Waals surface area contributed by atoms with E-state index >= 15 is 4.39 Å². The van der Waals surface area contributed by atoms with Crippen LogP contribution in [0.1, 0.15) is 60.8 Å². The molecule has 0 radical (unpaired) electrons. The van der Waals surface area contributed by atoms with E-state index in [1.807, 2.05) is 13.8 Å². The average molecular weight is 594 g/mol. The van der Waals surface area contributed by atoms with Crippen molar-refractivity contribution in [3.05, 3.63) is 48.3 Å². The van der Waals surface area contributed by atoms with E-state index in [0.717, 1.165) is 0 Å². The summed E-state index contributed by atoms with van der Waals surface area (Å²) in [6.07, 6.45) is 0.819. The van der Waals surface area contributed by atoms with Crippen molar-refractivity contribution >= 4 is 46.1 Å². The molecule has 230 valence electrons. The van der Waals surface area contributed by atoms with Crippen LogP contribution in [0.3, 0.4) is 0 Å². The number of alkyl carbamates (subject to hydrolysis) is 1. The minimum absolute atomic E-state index is 0.113. The van der Waals surface area contributed by atoms with Crippen molar-refractivity contribution in [2.24, 2.45) is 5.92 Å². The van der Waals surface area contributed by atoms with E-state index in [4.69, 9.17) is 4.74 Å². The molecule has 2 aromatic carbocycles. The standard InChI is InChI=1S/C32H40FN5O5/c1-18(2)16-25(37-31(42)43-32(4,5)6)30(41)38-15-7-8-26(38)29(40)35-22-13-14-24-23(17-22)27(33)28(36-24)20-9-11-21(12-10-20)34-19(3)39/h9-14,17-18,25-26,36H,7-8,15-16H2,1-6H3,(H,34,39)(H,35,40)(H,37,42)/t25-,26+/m1/s1. The Morgan fingerprint density at radius 2 is 1.72 bits per heavy atom. The maximum absolute atomic E-state index is 15.5. The first kappa shape index (κ1) is 31.5. The fourth-order valence-electron chi connectivity index (χ4n) is 5.23. The van der Waals surface area contributed by atoms with Crippen molar-refractivity contribution in [3.63, 3.8) is 0 Å². The number of H-pyrrole nitrogens is 1. The van der Waals surface area contributed by atoms with E-state index in [1.165, 1.54) is 11.8 Å². The Bertz CT molecular complexity index is 1510. The molecule has 4 N–H and O–H groups in total. The molecule has 0 bridgehead atoms. The Kier molecular flexibility index (Phi) is 9.42. The second kappa shape index (κ2) is 12.8. The van der Waals surface area contributed by atoms with Crippen LogP contribution < -0.4 is 16.0 Å². The number of carbonyl (C=O) groups excluding carboxylic acids is 4. The van der Waals surface area contributed by atoms with Crippen LogP contribution in [0.2, 0.25) is 0 Å². The minimum Gasteiger partial charge on any atom is -0.444 e. The monoisotopic (exact) mass is 593 g/mol. The number of anilines is 2. The van der Waals surface area contributed by atoms with E-state index in [1.54, 1.807) is 63.2 Å². The van der Waals surface area contributed by atoms with Gasteiger partial charge in [-0.25, -0.2) is 9.18 Å². The topological polar surface area (TPSA) is 133 Å². The summed E-state index contributed by atoms with van der Waals surface area (Å²) < 4.78 is 20.9.